The first-order chi connectivity index (χ1) is 14.1. The summed E-state index contributed by atoms with van der Waals surface area (Å²) in [6.07, 6.45) is 3.04. The van der Waals surface area contributed by atoms with E-state index in [4.69, 9.17) is 14.2 Å². The predicted octanol–water partition coefficient (Wildman–Crippen LogP) is 4.83. The van der Waals surface area contributed by atoms with Gasteiger partial charge in [-0.25, -0.2) is 0 Å². The lowest BCUT2D eigenvalue weighted by molar-refractivity contribution is -0.122. The molecule has 152 valence electrons. The summed E-state index contributed by atoms with van der Waals surface area (Å²) >= 11 is 0. The molecule has 6 nitrogen and oxygen atoms in total. The molecule has 1 heterocycles. The van der Waals surface area contributed by atoms with Gasteiger partial charge in [-0.2, -0.15) is 0 Å². The molecule has 0 aliphatic carbocycles. The lowest BCUT2D eigenvalue weighted by Crippen LogP contribution is -2.30. The van der Waals surface area contributed by atoms with Gasteiger partial charge in [0.25, 0.3) is 5.91 Å². The topological polar surface area (TPSA) is 69.7 Å². The molecule has 29 heavy (non-hydrogen) atoms. The predicted molar refractivity (Wildman–Crippen MR) is 114 cm³/mol. The van der Waals surface area contributed by atoms with Gasteiger partial charge in [0.2, 0.25) is 0 Å². The quantitative estimate of drug-likeness (QED) is 0.527. The lowest BCUT2D eigenvalue weighted by Gasteiger charge is -2.18. The van der Waals surface area contributed by atoms with E-state index >= 15 is 0 Å². The van der Waals surface area contributed by atoms with Crippen LogP contribution in [-0.2, 0) is 4.79 Å². The highest BCUT2D eigenvalue weighted by atomic mass is 16.5. The molecule has 1 aromatic heterocycles. The van der Waals surface area contributed by atoms with Crippen LogP contribution in [0.25, 0.3) is 10.9 Å². The SMILES string of the molecule is CCCCOc1ccc(NC(=O)[C@H](C)Oc2ccccc2OC)c2cccnc12. The van der Waals surface area contributed by atoms with E-state index in [2.05, 4.69) is 17.2 Å². The van der Waals surface area contributed by atoms with Crippen LogP contribution in [0.5, 0.6) is 17.2 Å². The zero-order valence-electron chi connectivity index (χ0n) is 17.0. The molecule has 0 fully saturated rings. The van der Waals surface area contributed by atoms with Crippen molar-refractivity contribution in [1.82, 2.24) is 4.98 Å². The Balaban J connectivity index is 1.77. The van der Waals surface area contributed by atoms with Gasteiger partial charge in [-0.3, -0.25) is 9.78 Å². The molecule has 0 saturated carbocycles. The second-order valence-corrected chi connectivity index (χ2v) is 6.61. The molecular formula is C23H26N2O4. The van der Waals surface area contributed by atoms with Crippen LogP contribution in [0, 0.1) is 0 Å². The Kier molecular flexibility index (Phi) is 6.89. The number of hydrogen-bond donors (Lipinski definition) is 1. The highest BCUT2D eigenvalue weighted by Gasteiger charge is 2.18. The number of pyridine rings is 1. The van der Waals surface area contributed by atoms with Crippen molar-refractivity contribution in [3.8, 4) is 17.2 Å². The van der Waals surface area contributed by atoms with Crippen molar-refractivity contribution in [3.63, 3.8) is 0 Å². The number of benzene rings is 2. The average Bonchev–Trinajstić information content (AvgIpc) is 2.75. The van der Waals surface area contributed by atoms with Gasteiger partial charge in [0.1, 0.15) is 11.3 Å². The molecule has 6 heteroatoms. The van der Waals surface area contributed by atoms with E-state index < -0.39 is 6.10 Å². The van der Waals surface area contributed by atoms with Gasteiger partial charge in [-0.1, -0.05) is 25.5 Å². The highest BCUT2D eigenvalue weighted by Crippen LogP contribution is 2.31. The first-order valence-corrected chi connectivity index (χ1v) is 9.75. The monoisotopic (exact) mass is 394 g/mol. The minimum absolute atomic E-state index is 0.263. The summed E-state index contributed by atoms with van der Waals surface area (Å²) in [6, 6.07) is 14.7. The zero-order chi connectivity index (χ0) is 20.6. The van der Waals surface area contributed by atoms with Crippen molar-refractivity contribution < 1.29 is 19.0 Å². The van der Waals surface area contributed by atoms with Crippen LogP contribution in [-0.4, -0.2) is 30.7 Å². The van der Waals surface area contributed by atoms with E-state index in [1.807, 2.05) is 36.4 Å². The Morgan fingerprint density at radius 3 is 2.62 bits per heavy atom. The summed E-state index contributed by atoms with van der Waals surface area (Å²) < 4.78 is 16.9. The van der Waals surface area contributed by atoms with E-state index in [1.165, 1.54) is 0 Å². The number of rotatable bonds is 9. The molecule has 0 bridgehead atoms. The number of methoxy groups -OCH3 is 1. The Morgan fingerprint density at radius 1 is 1.07 bits per heavy atom. The van der Waals surface area contributed by atoms with Gasteiger partial charge >= 0.3 is 0 Å². The summed E-state index contributed by atoms with van der Waals surface area (Å²) in [6.45, 7) is 4.45. The number of para-hydroxylation sites is 2. The number of anilines is 1. The third-order valence-corrected chi connectivity index (χ3v) is 4.49. The standard InChI is InChI=1S/C23H26N2O4/c1-4-5-15-28-21-13-12-18(17-9-8-14-24-22(17)21)25-23(26)16(2)29-20-11-7-6-10-19(20)27-3/h6-14,16H,4-5,15H2,1-3H3,(H,25,26)/t16-/m0/s1. The number of fused-ring (bicyclic) bond motifs is 1. The molecule has 0 saturated heterocycles. The van der Waals surface area contributed by atoms with Gasteiger partial charge in [0.15, 0.2) is 17.6 Å². The largest absolute Gasteiger partial charge is 0.493 e. The smallest absolute Gasteiger partial charge is 0.265 e. The van der Waals surface area contributed by atoms with Crippen LogP contribution in [0.1, 0.15) is 26.7 Å². The van der Waals surface area contributed by atoms with Gasteiger partial charge in [0.05, 0.1) is 19.4 Å². The van der Waals surface area contributed by atoms with Crippen LogP contribution >= 0.6 is 0 Å². The van der Waals surface area contributed by atoms with Crippen LogP contribution in [0.4, 0.5) is 5.69 Å². The van der Waals surface area contributed by atoms with Gasteiger partial charge in [-0.05, 0) is 49.7 Å². The van der Waals surface area contributed by atoms with Gasteiger partial charge < -0.3 is 19.5 Å². The molecule has 0 aliphatic heterocycles. The van der Waals surface area contributed by atoms with Gasteiger partial charge in [-0.15, -0.1) is 0 Å². The molecule has 3 rings (SSSR count). The summed E-state index contributed by atoms with van der Waals surface area (Å²) in [4.78, 5) is 17.2. The number of aromatic nitrogens is 1. The first-order valence-electron chi connectivity index (χ1n) is 9.75. The molecule has 0 aliphatic rings. The normalized spacial score (nSPS) is 11.7. The third kappa shape index (κ3) is 4.96. The number of nitrogens with zero attached hydrogens (tertiary/aromatic N) is 1. The van der Waals surface area contributed by atoms with Crippen molar-refractivity contribution in [1.29, 1.82) is 0 Å². The molecule has 1 amide bonds. The Bertz CT molecular complexity index is 974. The van der Waals surface area contributed by atoms with E-state index in [9.17, 15) is 4.79 Å². The fraction of sp³-hybridized carbons (Fsp3) is 0.304. The molecule has 2 aromatic carbocycles. The van der Waals surface area contributed by atoms with Crippen LogP contribution in [0.2, 0.25) is 0 Å². The first kappa shape index (κ1) is 20.5. The second-order valence-electron chi connectivity index (χ2n) is 6.61. The molecule has 1 atom stereocenters. The number of hydrogen-bond acceptors (Lipinski definition) is 5. The third-order valence-electron chi connectivity index (χ3n) is 4.49. The summed E-state index contributed by atoms with van der Waals surface area (Å²) in [5.74, 6) is 1.55. The number of nitrogens with one attached hydrogen (secondary N) is 1. The second kappa shape index (κ2) is 9.78. The lowest BCUT2D eigenvalue weighted by atomic mass is 10.1. The Hall–Kier alpha value is -3.28. The molecule has 3 aromatic rings. The van der Waals surface area contributed by atoms with E-state index in [0.29, 0.717) is 29.5 Å². The molecule has 0 radical (unpaired) electrons. The Labute approximate surface area is 170 Å². The van der Waals surface area contributed by atoms with Crippen molar-refractivity contribution in [2.75, 3.05) is 19.0 Å². The molecule has 0 unspecified atom stereocenters. The van der Waals surface area contributed by atoms with Gasteiger partial charge in [0, 0.05) is 11.6 Å². The maximum absolute atomic E-state index is 12.7. The number of amides is 1. The minimum Gasteiger partial charge on any atom is -0.493 e. The van der Waals surface area contributed by atoms with E-state index in [1.54, 1.807) is 32.4 Å². The Morgan fingerprint density at radius 2 is 1.86 bits per heavy atom. The van der Waals surface area contributed by atoms with Crippen LogP contribution < -0.4 is 19.5 Å². The molecular weight excluding hydrogens is 368 g/mol. The highest BCUT2D eigenvalue weighted by molar-refractivity contribution is 6.04. The maximum atomic E-state index is 12.7. The number of carbonyl (C=O) groups is 1. The summed E-state index contributed by atoms with van der Waals surface area (Å²) in [5.41, 5.74) is 1.39. The minimum atomic E-state index is -0.710. The summed E-state index contributed by atoms with van der Waals surface area (Å²) in [5, 5.41) is 3.76. The fourth-order valence-electron chi connectivity index (χ4n) is 2.89. The fourth-order valence-corrected chi connectivity index (χ4v) is 2.89. The van der Waals surface area contributed by atoms with Crippen molar-refractivity contribution in [2.24, 2.45) is 0 Å². The van der Waals surface area contributed by atoms with Crippen molar-refractivity contribution >= 4 is 22.5 Å². The van der Waals surface area contributed by atoms with Crippen molar-refractivity contribution in [3.05, 3.63) is 54.7 Å². The molecule has 0 spiro atoms. The number of carbonyl (C=O) groups excluding carboxylic acids is 1. The summed E-state index contributed by atoms with van der Waals surface area (Å²) in [7, 11) is 1.57. The van der Waals surface area contributed by atoms with Crippen LogP contribution in [0.3, 0.4) is 0 Å². The number of unbranched alkanes of at least 4 members (excludes halogenated alkanes) is 1. The zero-order valence-corrected chi connectivity index (χ0v) is 17.0. The number of ether oxygens (including phenoxy) is 3. The molecule has 1 N–H and O–H groups in total. The van der Waals surface area contributed by atoms with E-state index in [-0.39, 0.29) is 5.91 Å². The maximum Gasteiger partial charge on any atom is 0.265 e. The van der Waals surface area contributed by atoms with E-state index in [0.717, 1.165) is 23.7 Å². The van der Waals surface area contributed by atoms with Crippen LogP contribution in [0.15, 0.2) is 54.7 Å². The average molecular weight is 394 g/mol. The van der Waals surface area contributed by atoms with Crippen molar-refractivity contribution in [2.45, 2.75) is 32.8 Å².